The molecular formula is C22H28N2O. The summed E-state index contributed by atoms with van der Waals surface area (Å²) in [5, 5.41) is 0. The Morgan fingerprint density at radius 3 is 2.44 bits per heavy atom. The maximum Gasteiger partial charge on any atom is 0.253 e. The second-order valence-corrected chi connectivity index (χ2v) is 7.14. The Bertz CT molecular complexity index is 747. The lowest BCUT2D eigenvalue weighted by Gasteiger charge is -2.31. The molecule has 0 atom stereocenters. The van der Waals surface area contributed by atoms with Gasteiger partial charge in [-0.15, -0.1) is 0 Å². The van der Waals surface area contributed by atoms with Crippen molar-refractivity contribution in [2.75, 3.05) is 25.0 Å². The lowest BCUT2D eigenvalue weighted by Crippen LogP contribution is -2.32. The summed E-state index contributed by atoms with van der Waals surface area (Å²) in [4.78, 5) is 17.1. The summed E-state index contributed by atoms with van der Waals surface area (Å²) in [5.41, 5.74) is 5.65. The van der Waals surface area contributed by atoms with Gasteiger partial charge in [-0.1, -0.05) is 24.3 Å². The summed E-state index contributed by atoms with van der Waals surface area (Å²) in [6.45, 7) is 7.00. The molecule has 0 aliphatic carbocycles. The van der Waals surface area contributed by atoms with Gasteiger partial charge in [0.15, 0.2) is 0 Å². The van der Waals surface area contributed by atoms with Gasteiger partial charge >= 0.3 is 0 Å². The van der Waals surface area contributed by atoms with Crippen LogP contribution in [0.25, 0.3) is 0 Å². The number of piperidine rings is 1. The highest BCUT2D eigenvalue weighted by Crippen LogP contribution is 2.25. The highest BCUT2D eigenvalue weighted by atomic mass is 16.2. The van der Waals surface area contributed by atoms with Gasteiger partial charge in [-0.05, 0) is 68.0 Å². The van der Waals surface area contributed by atoms with Crippen LogP contribution in [0.3, 0.4) is 0 Å². The van der Waals surface area contributed by atoms with E-state index in [1.165, 1.54) is 36.1 Å². The van der Waals surface area contributed by atoms with Gasteiger partial charge < -0.3 is 9.80 Å². The first-order valence-electron chi connectivity index (χ1n) is 9.22. The predicted octanol–water partition coefficient (Wildman–Crippen LogP) is 4.57. The fourth-order valence-electron chi connectivity index (χ4n) is 3.51. The van der Waals surface area contributed by atoms with Crippen LogP contribution in [0.5, 0.6) is 0 Å². The molecule has 1 saturated heterocycles. The molecule has 0 radical (unpaired) electrons. The number of rotatable bonds is 4. The van der Waals surface area contributed by atoms with Crippen LogP contribution >= 0.6 is 0 Å². The van der Waals surface area contributed by atoms with Gasteiger partial charge in [0.2, 0.25) is 0 Å². The normalized spacial score (nSPS) is 14.4. The summed E-state index contributed by atoms with van der Waals surface area (Å²) >= 11 is 0. The van der Waals surface area contributed by atoms with Crippen molar-refractivity contribution in [2.45, 2.75) is 39.7 Å². The number of benzene rings is 2. The third kappa shape index (κ3) is 4.04. The summed E-state index contributed by atoms with van der Waals surface area (Å²) < 4.78 is 0. The number of aryl methyl sites for hydroxylation is 2. The number of carbonyl (C=O) groups is 1. The maximum absolute atomic E-state index is 12.8. The molecule has 1 fully saturated rings. The first kappa shape index (κ1) is 17.5. The molecule has 1 heterocycles. The lowest BCUT2D eigenvalue weighted by atomic mass is 10.0. The van der Waals surface area contributed by atoms with Crippen LogP contribution in [0.4, 0.5) is 5.69 Å². The quantitative estimate of drug-likeness (QED) is 0.817. The summed E-state index contributed by atoms with van der Waals surface area (Å²) in [7, 11) is 1.89. The number of amides is 1. The number of nitrogens with zero attached hydrogens (tertiary/aromatic N) is 2. The van der Waals surface area contributed by atoms with Gasteiger partial charge in [-0.25, -0.2) is 0 Å². The van der Waals surface area contributed by atoms with Gasteiger partial charge in [0.25, 0.3) is 5.91 Å². The Balaban J connectivity index is 1.77. The van der Waals surface area contributed by atoms with Gasteiger partial charge in [-0.3, -0.25) is 4.79 Å². The number of para-hydroxylation sites is 1. The summed E-state index contributed by atoms with van der Waals surface area (Å²) in [6.07, 6.45) is 3.83. The van der Waals surface area contributed by atoms with Crippen LogP contribution in [-0.2, 0) is 6.54 Å². The topological polar surface area (TPSA) is 23.6 Å². The van der Waals surface area contributed by atoms with Crippen LogP contribution in [-0.4, -0.2) is 30.9 Å². The molecule has 2 aromatic carbocycles. The van der Waals surface area contributed by atoms with E-state index in [1.54, 1.807) is 0 Å². The zero-order chi connectivity index (χ0) is 17.8. The number of hydrogen-bond donors (Lipinski definition) is 0. The third-order valence-electron chi connectivity index (χ3n) is 5.20. The van der Waals surface area contributed by atoms with Crippen molar-refractivity contribution in [1.82, 2.24) is 4.90 Å². The van der Waals surface area contributed by atoms with E-state index in [2.05, 4.69) is 43.0 Å². The van der Waals surface area contributed by atoms with Crippen molar-refractivity contribution >= 4 is 11.6 Å². The first-order valence-corrected chi connectivity index (χ1v) is 9.22. The first-order chi connectivity index (χ1) is 12.1. The average Bonchev–Trinajstić information content (AvgIpc) is 2.64. The van der Waals surface area contributed by atoms with Gasteiger partial charge in [0, 0.05) is 37.9 Å². The fraction of sp³-hybridized carbons (Fsp3) is 0.409. The standard InChI is InChI=1S/C22H28N2O/c1-17-11-12-19(15-18(17)2)22(25)23(3)16-20-9-5-6-10-21(20)24-13-7-4-8-14-24/h5-6,9-12,15H,4,7-8,13-14,16H2,1-3H3. The van der Waals surface area contributed by atoms with E-state index in [0.717, 1.165) is 24.2 Å². The molecule has 25 heavy (non-hydrogen) atoms. The van der Waals surface area contributed by atoms with Gasteiger partial charge in [-0.2, -0.15) is 0 Å². The van der Waals surface area contributed by atoms with Crippen molar-refractivity contribution in [1.29, 1.82) is 0 Å². The highest BCUT2D eigenvalue weighted by Gasteiger charge is 2.17. The molecule has 0 saturated carbocycles. The van der Waals surface area contributed by atoms with Crippen molar-refractivity contribution in [2.24, 2.45) is 0 Å². The minimum absolute atomic E-state index is 0.0801. The number of hydrogen-bond acceptors (Lipinski definition) is 2. The van der Waals surface area contributed by atoms with Gasteiger partial charge in [0.1, 0.15) is 0 Å². The molecule has 0 N–H and O–H groups in total. The van der Waals surface area contributed by atoms with Crippen LogP contribution in [0.15, 0.2) is 42.5 Å². The maximum atomic E-state index is 12.8. The highest BCUT2D eigenvalue weighted by molar-refractivity contribution is 5.94. The second-order valence-electron chi connectivity index (χ2n) is 7.14. The SMILES string of the molecule is Cc1ccc(C(=O)N(C)Cc2ccccc2N2CCCCC2)cc1C. The van der Waals surface area contributed by atoms with Crippen LogP contribution in [0.2, 0.25) is 0 Å². The van der Waals surface area contributed by atoms with E-state index >= 15 is 0 Å². The largest absolute Gasteiger partial charge is 0.371 e. The van der Waals surface area contributed by atoms with E-state index < -0.39 is 0 Å². The summed E-state index contributed by atoms with van der Waals surface area (Å²) in [5.74, 6) is 0.0801. The Morgan fingerprint density at radius 1 is 1.00 bits per heavy atom. The Labute approximate surface area is 151 Å². The molecule has 2 aromatic rings. The minimum Gasteiger partial charge on any atom is -0.371 e. The van der Waals surface area contributed by atoms with Gasteiger partial charge in [0.05, 0.1) is 0 Å². The third-order valence-corrected chi connectivity index (χ3v) is 5.20. The molecule has 1 aliphatic rings. The van der Waals surface area contributed by atoms with E-state index in [4.69, 9.17) is 0 Å². The molecule has 0 unspecified atom stereocenters. The van der Waals surface area contributed by atoms with E-state index in [-0.39, 0.29) is 5.91 Å². The zero-order valence-electron chi connectivity index (χ0n) is 15.6. The number of anilines is 1. The minimum atomic E-state index is 0.0801. The molecule has 3 rings (SSSR count). The second kappa shape index (κ2) is 7.73. The monoisotopic (exact) mass is 336 g/mol. The van der Waals surface area contributed by atoms with Crippen LogP contribution in [0, 0.1) is 13.8 Å². The number of carbonyl (C=O) groups excluding carboxylic acids is 1. The van der Waals surface area contributed by atoms with E-state index in [1.807, 2.05) is 30.1 Å². The lowest BCUT2D eigenvalue weighted by molar-refractivity contribution is 0.0785. The fourth-order valence-corrected chi connectivity index (χ4v) is 3.51. The van der Waals surface area contributed by atoms with Crippen molar-refractivity contribution in [3.63, 3.8) is 0 Å². The molecule has 3 nitrogen and oxygen atoms in total. The van der Waals surface area contributed by atoms with E-state index in [9.17, 15) is 4.79 Å². The molecule has 132 valence electrons. The summed E-state index contributed by atoms with van der Waals surface area (Å²) in [6, 6.07) is 14.4. The van der Waals surface area contributed by atoms with Crippen molar-refractivity contribution in [3.05, 3.63) is 64.7 Å². The smallest absolute Gasteiger partial charge is 0.253 e. The van der Waals surface area contributed by atoms with Crippen LogP contribution < -0.4 is 4.90 Å². The molecule has 1 amide bonds. The predicted molar refractivity (Wildman–Crippen MR) is 104 cm³/mol. The van der Waals surface area contributed by atoms with Crippen LogP contribution in [0.1, 0.15) is 46.3 Å². The van der Waals surface area contributed by atoms with Crippen molar-refractivity contribution in [3.8, 4) is 0 Å². The zero-order valence-corrected chi connectivity index (χ0v) is 15.6. The molecule has 0 aromatic heterocycles. The Morgan fingerprint density at radius 2 is 1.72 bits per heavy atom. The molecule has 0 bridgehead atoms. The molecular weight excluding hydrogens is 308 g/mol. The Hall–Kier alpha value is -2.29. The molecule has 3 heteroatoms. The van der Waals surface area contributed by atoms with E-state index in [0.29, 0.717) is 6.54 Å². The average molecular weight is 336 g/mol. The molecule has 0 spiro atoms. The molecule has 1 aliphatic heterocycles. The van der Waals surface area contributed by atoms with Crippen molar-refractivity contribution < 1.29 is 4.79 Å². The Kier molecular flexibility index (Phi) is 5.42.